The van der Waals surface area contributed by atoms with Gasteiger partial charge in [0, 0.05) is 22.8 Å². The normalized spacial score (nSPS) is 13.0. The molecule has 1 aromatic heterocycles. The SMILES string of the molecule is Cc1nn(C(C)(C)C)cc1C(C)Nc1ccc(Cl)cc1[N+](=O)[O-]. The van der Waals surface area contributed by atoms with Crippen molar-refractivity contribution < 1.29 is 4.92 Å². The molecule has 1 N–H and O–H groups in total. The highest BCUT2D eigenvalue weighted by molar-refractivity contribution is 6.30. The van der Waals surface area contributed by atoms with Crippen LogP contribution in [0.4, 0.5) is 11.4 Å². The molecule has 0 aliphatic rings. The van der Waals surface area contributed by atoms with Crippen LogP contribution in [0.1, 0.15) is 45.0 Å². The number of anilines is 1. The molecule has 2 rings (SSSR count). The Hall–Kier alpha value is -2.08. The zero-order valence-corrected chi connectivity index (χ0v) is 14.7. The first-order valence-electron chi connectivity index (χ1n) is 7.36. The Kier molecular flexibility index (Phi) is 4.66. The van der Waals surface area contributed by atoms with Gasteiger partial charge in [0.1, 0.15) is 5.69 Å². The lowest BCUT2D eigenvalue weighted by molar-refractivity contribution is -0.384. The van der Waals surface area contributed by atoms with Crippen LogP contribution in [0.3, 0.4) is 0 Å². The summed E-state index contributed by atoms with van der Waals surface area (Å²) >= 11 is 5.85. The number of hydrogen-bond donors (Lipinski definition) is 1. The number of aromatic nitrogens is 2. The first-order valence-corrected chi connectivity index (χ1v) is 7.74. The molecule has 0 aliphatic heterocycles. The van der Waals surface area contributed by atoms with Crippen LogP contribution in [-0.2, 0) is 5.54 Å². The number of rotatable bonds is 4. The zero-order valence-electron chi connectivity index (χ0n) is 13.9. The van der Waals surface area contributed by atoms with Gasteiger partial charge in [-0.05, 0) is 46.8 Å². The highest BCUT2D eigenvalue weighted by Crippen LogP contribution is 2.31. The topological polar surface area (TPSA) is 73.0 Å². The molecule has 0 fully saturated rings. The third-order valence-corrected chi connectivity index (χ3v) is 3.85. The van der Waals surface area contributed by atoms with Crippen molar-refractivity contribution in [3.63, 3.8) is 0 Å². The van der Waals surface area contributed by atoms with Gasteiger partial charge in [0.25, 0.3) is 5.69 Å². The number of nitro groups is 1. The predicted octanol–water partition coefficient (Wildman–Crippen LogP) is 4.68. The van der Waals surface area contributed by atoms with Crippen molar-refractivity contribution in [1.82, 2.24) is 9.78 Å². The second-order valence-corrected chi connectivity index (χ2v) is 7.01. The van der Waals surface area contributed by atoms with Crippen LogP contribution >= 0.6 is 11.6 Å². The molecular weight excluding hydrogens is 316 g/mol. The largest absolute Gasteiger partial charge is 0.373 e. The fourth-order valence-corrected chi connectivity index (χ4v) is 2.50. The monoisotopic (exact) mass is 336 g/mol. The molecule has 7 heteroatoms. The molecule has 0 bridgehead atoms. The zero-order chi connectivity index (χ0) is 17.4. The first kappa shape index (κ1) is 17.3. The van der Waals surface area contributed by atoms with E-state index in [9.17, 15) is 10.1 Å². The average molecular weight is 337 g/mol. The third kappa shape index (κ3) is 3.82. The van der Waals surface area contributed by atoms with Crippen molar-refractivity contribution in [2.24, 2.45) is 0 Å². The summed E-state index contributed by atoms with van der Waals surface area (Å²) in [6, 6.07) is 4.49. The molecule has 1 unspecified atom stereocenters. The fourth-order valence-electron chi connectivity index (χ4n) is 2.33. The van der Waals surface area contributed by atoms with Crippen molar-refractivity contribution >= 4 is 23.0 Å². The number of benzene rings is 1. The molecule has 6 nitrogen and oxygen atoms in total. The van der Waals surface area contributed by atoms with Crippen molar-refractivity contribution in [3.05, 3.63) is 50.8 Å². The maximum atomic E-state index is 11.2. The Morgan fingerprint density at radius 2 is 2.04 bits per heavy atom. The summed E-state index contributed by atoms with van der Waals surface area (Å²) in [5.74, 6) is 0. The van der Waals surface area contributed by atoms with E-state index in [0.29, 0.717) is 10.7 Å². The van der Waals surface area contributed by atoms with Crippen LogP contribution in [0.2, 0.25) is 5.02 Å². The summed E-state index contributed by atoms with van der Waals surface area (Å²) in [7, 11) is 0. The number of aryl methyl sites for hydroxylation is 1. The average Bonchev–Trinajstić information content (AvgIpc) is 2.82. The van der Waals surface area contributed by atoms with Gasteiger partial charge in [-0.2, -0.15) is 5.10 Å². The van der Waals surface area contributed by atoms with Gasteiger partial charge in [-0.25, -0.2) is 0 Å². The molecule has 1 heterocycles. The van der Waals surface area contributed by atoms with Crippen LogP contribution < -0.4 is 5.32 Å². The van der Waals surface area contributed by atoms with Gasteiger partial charge in [-0.3, -0.25) is 14.8 Å². The Labute approximate surface area is 140 Å². The molecule has 0 aliphatic carbocycles. The van der Waals surface area contributed by atoms with Crippen LogP contribution in [0, 0.1) is 17.0 Å². The summed E-state index contributed by atoms with van der Waals surface area (Å²) in [5, 5.41) is 19.2. The maximum absolute atomic E-state index is 11.2. The Balaban J connectivity index is 2.32. The number of nitrogens with zero attached hydrogens (tertiary/aromatic N) is 3. The van der Waals surface area contributed by atoms with Crippen molar-refractivity contribution in [1.29, 1.82) is 0 Å². The second kappa shape index (κ2) is 6.20. The van der Waals surface area contributed by atoms with Crippen LogP contribution in [0.15, 0.2) is 24.4 Å². The van der Waals surface area contributed by atoms with Crippen LogP contribution in [0.5, 0.6) is 0 Å². The quantitative estimate of drug-likeness (QED) is 0.649. The number of nitro benzene ring substituents is 1. The van der Waals surface area contributed by atoms with E-state index in [0.717, 1.165) is 11.3 Å². The van der Waals surface area contributed by atoms with Gasteiger partial charge in [-0.1, -0.05) is 11.6 Å². The molecular formula is C16H21ClN4O2. The lowest BCUT2D eigenvalue weighted by Gasteiger charge is -2.19. The van der Waals surface area contributed by atoms with E-state index >= 15 is 0 Å². The van der Waals surface area contributed by atoms with Crippen LogP contribution in [-0.4, -0.2) is 14.7 Å². The summed E-state index contributed by atoms with van der Waals surface area (Å²) < 4.78 is 1.91. The Morgan fingerprint density at radius 1 is 1.39 bits per heavy atom. The smallest absolute Gasteiger partial charge is 0.293 e. The van der Waals surface area contributed by atoms with Gasteiger partial charge < -0.3 is 5.32 Å². The van der Waals surface area contributed by atoms with E-state index in [1.165, 1.54) is 6.07 Å². The van der Waals surface area contributed by atoms with Crippen molar-refractivity contribution in [2.45, 2.75) is 46.2 Å². The number of hydrogen-bond acceptors (Lipinski definition) is 4. The van der Waals surface area contributed by atoms with Crippen molar-refractivity contribution in [2.75, 3.05) is 5.32 Å². The highest BCUT2D eigenvalue weighted by Gasteiger charge is 2.21. The van der Waals surface area contributed by atoms with E-state index in [2.05, 4.69) is 31.2 Å². The van der Waals surface area contributed by atoms with E-state index in [-0.39, 0.29) is 17.3 Å². The maximum Gasteiger partial charge on any atom is 0.293 e. The van der Waals surface area contributed by atoms with Crippen LogP contribution in [0.25, 0.3) is 0 Å². The van der Waals surface area contributed by atoms with Gasteiger partial charge >= 0.3 is 0 Å². The Morgan fingerprint density at radius 3 is 2.57 bits per heavy atom. The second-order valence-electron chi connectivity index (χ2n) is 6.57. The summed E-state index contributed by atoms with van der Waals surface area (Å²) in [6.07, 6.45) is 1.98. The number of nitrogens with one attached hydrogen (secondary N) is 1. The molecule has 0 amide bonds. The molecule has 124 valence electrons. The fraction of sp³-hybridized carbons (Fsp3) is 0.438. The molecule has 2 aromatic rings. The summed E-state index contributed by atoms with van der Waals surface area (Å²) in [4.78, 5) is 10.7. The molecule has 0 saturated carbocycles. The Bertz CT molecular complexity index is 734. The van der Waals surface area contributed by atoms with Crippen molar-refractivity contribution in [3.8, 4) is 0 Å². The van der Waals surface area contributed by atoms with E-state index in [1.807, 2.05) is 24.7 Å². The predicted molar refractivity (Wildman–Crippen MR) is 92.1 cm³/mol. The minimum atomic E-state index is -0.438. The molecule has 1 aromatic carbocycles. The van der Waals surface area contributed by atoms with Gasteiger partial charge in [0.15, 0.2) is 0 Å². The molecule has 0 radical (unpaired) electrons. The van der Waals surface area contributed by atoms with Gasteiger partial charge in [0.05, 0.1) is 22.2 Å². The lowest BCUT2D eigenvalue weighted by Crippen LogP contribution is -2.22. The third-order valence-electron chi connectivity index (χ3n) is 3.62. The molecule has 0 spiro atoms. The van der Waals surface area contributed by atoms with E-state index < -0.39 is 4.92 Å². The minimum Gasteiger partial charge on any atom is -0.373 e. The lowest BCUT2D eigenvalue weighted by atomic mass is 10.1. The molecule has 23 heavy (non-hydrogen) atoms. The first-order chi connectivity index (χ1) is 10.6. The van der Waals surface area contributed by atoms with E-state index in [1.54, 1.807) is 12.1 Å². The van der Waals surface area contributed by atoms with E-state index in [4.69, 9.17) is 11.6 Å². The van der Waals surface area contributed by atoms with Gasteiger partial charge in [-0.15, -0.1) is 0 Å². The number of halogens is 1. The summed E-state index contributed by atoms with van der Waals surface area (Å²) in [5.41, 5.74) is 2.19. The minimum absolute atomic E-state index is 0.0368. The summed E-state index contributed by atoms with van der Waals surface area (Å²) in [6.45, 7) is 10.1. The molecule has 0 saturated heterocycles. The van der Waals surface area contributed by atoms with Gasteiger partial charge in [0.2, 0.25) is 0 Å². The molecule has 1 atom stereocenters. The standard InChI is InChI=1S/C16H21ClN4O2/c1-10(13-9-20(16(3,4)5)19-11(13)2)18-14-7-6-12(17)8-15(14)21(22)23/h6-10,18H,1-5H3. The highest BCUT2D eigenvalue weighted by atomic mass is 35.5.